The normalized spacial score (nSPS) is 30.3. The predicted molar refractivity (Wildman–Crippen MR) is 86.3 cm³/mol. The van der Waals surface area contributed by atoms with Gasteiger partial charge in [-0.25, -0.2) is 0 Å². The van der Waals surface area contributed by atoms with Crippen LogP contribution in [-0.4, -0.2) is 47.8 Å². The Morgan fingerprint density at radius 3 is 2.57 bits per heavy atom. The number of hydrogen-bond acceptors (Lipinski definition) is 3. The average molecular weight is 284 g/mol. The van der Waals surface area contributed by atoms with Crippen LogP contribution in [0.5, 0.6) is 0 Å². The molecule has 3 nitrogen and oxygen atoms in total. The molecule has 1 N–H and O–H groups in total. The van der Waals surface area contributed by atoms with E-state index in [4.69, 9.17) is 6.42 Å². The van der Waals surface area contributed by atoms with Gasteiger partial charge in [-0.2, -0.15) is 0 Å². The van der Waals surface area contributed by atoms with E-state index >= 15 is 0 Å². The molecule has 1 aromatic rings. The maximum atomic E-state index is 10.8. The van der Waals surface area contributed by atoms with E-state index in [-0.39, 0.29) is 6.04 Å². The van der Waals surface area contributed by atoms with Gasteiger partial charge in [-0.1, -0.05) is 18.2 Å². The Balaban J connectivity index is 1.62. The highest BCUT2D eigenvalue weighted by Crippen LogP contribution is 2.36. The maximum Gasteiger partial charge on any atom is 0.0910 e. The molecule has 0 unspecified atom stereocenters. The molecular weight excluding hydrogens is 260 g/mol. The van der Waals surface area contributed by atoms with Crippen molar-refractivity contribution in [2.24, 2.45) is 0 Å². The van der Waals surface area contributed by atoms with Crippen LogP contribution < -0.4 is 4.90 Å². The monoisotopic (exact) mass is 284 g/mol. The number of aliphatic hydroxyl groups is 1. The van der Waals surface area contributed by atoms with Crippen molar-refractivity contribution in [1.82, 2.24) is 4.90 Å². The van der Waals surface area contributed by atoms with Gasteiger partial charge in [-0.3, -0.25) is 4.90 Å². The van der Waals surface area contributed by atoms with Crippen LogP contribution in [0.15, 0.2) is 30.3 Å². The van der Waals surface area contributed by atoms with Crippen LogP contribution >= 0.6 is 0 Å². The van der Waals surface area contributed by atoms with Gasteiger partial charge in [-0.15, -0.1) is 12.3 Å². The Kier molecular flexibility index (Phi) is 4.19. The van der Waals surface area contributed by atoms with Gasteiger partial charge in [0.25, 0.3) is 0 Å². The highest BCUT2D eigenvalue weighted by molar-refractivity contribution is 5.46. The molecule has 1 aromatic carbocycles. The molecular formula is C18H24N2O. The van der Waals surface area contributed by atoms with Crippen LogP contribution in [0.4, 0.5) is 5.69 Å². The second-order valence-corrected chi connectivity index (χ2v) is 6.25. The van der Waals surface area contributed by atoms with Gasteiger partial charge in [0, 0.05) is 44.3 Å². The Bertz CT molecular complexity index is 502. The number of benzene rings is 1. The summed E-state index contributed by atoms with van der Waals surface area (Å²) >= 11 is 0. The van der Waals surface area contributed by atoms with Crippen LogP contribution in [-0.2, 0) is 0 Å². The van der Waals surface area contributed by atoms with Gasteiger partial charge in [0.15, 0.2) is 0 Å². The summed E-state index contributed by atoms with van der Waals surface area (Å²) in [5.74, 6) is 2.67. The minimum atomic E-state index is -0.663. The van der Waals surface area contributed by atoms with Crippen molar-refractivity contribution >= 4 is 5.69 Å². The van der Waals surface area contributed by atoms with E-state index in [9.17, 15) is 5.11 Å². The number of nitrogens with zero attached hydrogens (tertiary/aromatic N) is 2. The molecule has 0 bridgehead atoms. The van der Waals surface area contributed by atoms with Gasteiger partial charge in [0.2, 0.25) is 0 Å². The molecule has 112 valence electrons. The highest BCUT2D eigenvalue weighted by Gasteiger charge is 2.44. The molecule has 1 saturated carbocycles. The van der Waals surface area contributed by atoms with Gasteiger partial charge >= 0.3 is 0 Å². The Labute approximate surface area is 127 Å². The first-order chi connectivity index (χ1) is 10.2. The van der Waals surface area contributed by atoms with Crippen molar-refractivity contribution in [3.8, 4) is 12.3 Å². The van der Waals surface area contributed by atoms with E-state index in [2.05, 4.69) is 46.1 Å². The summed E-state index contributed by atoms with van der Waals surface area (Å²) in [6.45, 7) is 4.05. The molecule has 1 saturated heterocycles. The first-order valence-electron chi connectivity index (χ1n) is 7.93. The van der Waals surface area contributed by atoms with Crippen molar-refractivity contribution in [1.29, 1.82) is 0 Å². The summed E-state index contributed by atoms with van der Waals surface area (Å²) in [5.41, 5.74) is 0.631. The fraction of sp³-hybridized carbons (Fsp3) is 0.556. The van der Waals surface area contributed by atoms with Crippen molar-refractivity contribution in [3.63, 3.8) is 0 Å². The van der Waals surface area contributed by atoms with Crippen LogP contribution in [0, 0.1) is 12.3 Å². The lowest BCUT2D eigenvalue weighted by molar-refractivity contribution is -0.0257. The fourth-order valence-electron chi connectivity index (χ4n) is 3.87. The number of rotatable bonds is 3. The van der Waals surface area contributed by atoms with E-state index in [0.29, 0.717) is 6.42 Å². The van der Waals surface area contributed by atoms with E-state index < -0.39 is 5.60 Å². The van der Waals surface area contributed by atoms with E-state index in [0.717, 1.165) is 45.4 Å². The van der Waals surface area contributed by atoms with E-state index in [1.807, 2.05) is 0 Å². The molecule has 1 heterocycles. The summed E-state index contributed by atoms with van der Waals surface area (Å²) in [6, 6.07) is 10.8. The molecule has 3 rings (SSSR count). The summed E-state index contributed by atoms with van der Waals surface area (Å²) in [6.07, 6.45) is 8.94. The number of terminal acetylenes is 1. The smallest absolute Gasteiger partial charge is 0.0910 e. The zero-order chi connectivity index (χ0) is 14.7. The Morgan fingerprint density at radius 2 is 1.90 bits per heavy atom. The van der Waals surface area contributed by atoms with Gasteiger partial charge in [-0.05, 0) is 31.4 Å². The van der Waals surface area contributed by atoms with Crippen molar-refractivity contribution < 1.29 is 5.11 Å². The third-order valence-electron chi connectivity index (χ3n) is 4.99. The zero-order valence-electron chi connectivity index (χ0n) is 12.5. The molecule has 0 aromatic heterocycles. The highest BCUT2D eigenvalue weighted by atomic mass is 16.3. The lowest BCUT2D eigenvalue weighted by Gasteiger charge is -2.43. The molecule has 2 atom stereocenters. The molecule has 0 amide bonds. The van der Waals surface area contributed by atoms with E-state index in [1.54, 1.807) is 0 Å². The van der Waals surface area contributed by atoms with Crippen LogP contribution in [0.3, 0.4) is 0 Å². The van der Waals surface area contributed by atoms with Crippen molar-refractivity contribution in [2.75, 3.05) is 31.1 Å². The van der Waals surface area contributed by atoms with Gasteiger partial charge < -0.3 is 10.0 Å². The second kappa shape index (κ2) is 6.09. The SMILES string of the molecule is C#CC[C@]1(O)CCC[C@H]1N1CCN(c2ccccc2)CC1. The molecule has 3 heteroatoms. The summed E-state index contributed by atoms with van der Waals surface area (Å²) in [4.78, 5) is 4.87. The zero-order valence-corrected chi connectivity index (χ0v) is 12.5. The van der Waals surface area contributed by atoms with Crippen LogP contribution in [0.1, 0.15) is 25.7 Å². The molecule has 21 heavy (non-hydrogen) atoms. The predicted octanol–water partition coefficient (Wildman–Crippen LogP) is 2.12. The fourth-order valence-corrected chi connectivity index (χ4v) is 3.87. The summed E-state index contributed by atoms with van der Waals surface area (Å²) in [7, 11) is 0. The van der Waals surface area contributed by atoms with Crippen LogP contribution in [0.2, 0.25) is 0 Å². The van der Waals surface area contributed by atoms with Crippen molar-refractivity contribution in [3.05, 3.63) is 30.3 Å². The summed E-state index contributed by atoms with van der Waals surface area (Å²) < 4.78 is 0. The average Bonchev–Trinajstić information content (AvgIpc) is 2.90. The maximum absolute atomic E-state index is 10.8. The quantitative estimate of drug-likeness (QED) is 0.861. The lowest BCUT2D eigenvalue weighted by Crippen LogP contribution is -2.56. The Hall–Kier alpha value is -1.50. The molecule has 0 radical (unpaired) electrons. The topological polar surface area (TPSA) is 26.7 Å². The molecule has 1 aliphatic heterocycles. The molecule has 2 aliphatic rings. The molecule has 0 spiro atoms. The largest absolute Gasteiger partial charge is 0.387 e. The minimum absolute atomic E-state index is 0.242. The number of hydrogen-bond donors (Lipinski definition) is 1. The standard InChI is InChI=1S/C18H24N2O/c1-2-10-18(21)11-6-9-17(18)20-14-12-19(13-15-20)16-7-4-3-5-8-16/h1,3-5,7-8,17,21H,6,9-15H2/t17-,18+/m1/s1. The second-order valence-electron chi connectivity index (χ2n) is 6.25. The van der Waals surface area contributed by atoms with Crippen molar-refractivity contribution in [2.45, 2.75) is 37.3 Å². The number of anilines is 1. The van der Waals surface area contributed by atoms with Crippen LogP contribution in [0.25, 0.3) is 0 Å². The Morgan fingerprint density at radius 1 is 1.19 bits per heavy atom. The lowest BCUT2D eigenvalue weighted by atomic mass is 9.92. The summed E-state index contributed by atoms with van der Waals surface area (Å²) in [5, 5.41) is 10.8. The molecule has 2 fully saturated rings. The first kappa shape index (κ1) is 14.4. The van der Waals surface area contributed by atoms with Gasteiger partial charge in [0.05, 0.1) is 5.60 Å². The third-order valence-corrected chi connectivity index (χ3v) is 4.99. The number of piperazine rings is 1. The molecule has 1 aliphatic carbocycles. The van der Waals surface area contributed by atoms with E-state index in [1.165, 1.54) is 5.69 Å². The first-order valence-corrected chi connectivity index (χ1v) is 7.93. The third kappa shape index (κ3) is 2.92. The minimum Gasteiger partial charge on any atom is -0.387 e. The van der Waals surface area contributed by atoms with Gasteiger partial charge in [0.1, 0.15) is 0 Å². The number of para-hydroxylation sites is 1.